The van der Waals surface area contributed by atoms with E-state index in [2.05, 4.69) is 36.2 Å². The van der Waals surface area contributed by atoms with Gasteiger partial charge in [0.2, 0.25) is 0 Å². The Labute approximate surface area is 149 Å². The van der Waals surface area contributed by atoms with Crippen molar-refractivity contribution in [3.05, 3.63) is 64.0 Å². The molecule has 4 rings (SSSR count). The van der Waals surface area contributed by atoms with Gasteiger partial charge in [0.05, 0.1) is 17.1 Å². The van der Waals surface area contributed by atoms with Crippen LogP contribution in [0.5, 0.6) is 0 Å². The lowest BCUT2D eigenvalue weighted by Gasteiger charge is -2.24. The Morgan fingerprint density at radius 2 is 2.21 bits per heavy atom. The van der Waals surface area contributed by atoms with Crippen LogP contribution in [0.1, 0.15) is 39.7 Å². The SMILES string of the molecule is Cc1cccc(C2CCCN2C(=O)c2cnc(-c3cccs3)s2)c1. The Balaban J connectivity index is 1.59. The van der Waals surface area contributed by atoms with Crippen LogP contribution in [0, 0.1) is 6.92 Å². The lowest BCUT2D eigenvalue weighted by molar-refractivity contribution is 0.0740. The quantitative estimate of drug-likeness (QED) is 0.651. The van der Waals surface area contributed by atoms with Gasteiger partial charge in [-0.25, -0.2) is 4.98 Å². The van der Waals surface area contributed by atoms with E-state index in [4.69, 9.17) is 0 Å². The molecule has 3 heterocycles. The summed E-state index contributed by atoms with van der Waals surface area (Å²) in [4.78, 5) is 21.3. The first-order valence-corrected chi connectivity index (χ1v) is 9.79. The van der Waals surface area contributed by atoms with Gasteiger partial charge in [0, 0.05) is 6.54 Å². The number of aryl methyl sites for hydroxylation is 1. The van der Waals surface area contributed by atoms with Crippen molar-refractivity contribution in [3.63, 3.8) is 0 Å². The van der Waals surface area contributed by atoms with Crippen LogP contribution in [0.2, 0.25) is 0 Å². The number of benzene rings is 1. The smallest absolute Gasteiger partial charge is 0.266 e. The lowest BCUT2D eigenvalue weighted by atomic mass is 10.0. The lowest BCUT2D eigenvalue weighted by Crippen LogP contribution is -2.30. The second-order valence-corrected chi connectivity index (χ2v) is 8.06. The van der Waals surface area contributed by atoms with Crippen molar-refractivity contribution >= 4 is 28.6 Å². The summed E-state index contributed by atoms with van der Waals surface area (Å²) in [6.07, 6.45) is 3.82. The molecule has 1 aliphatic rings. The van der Waals surface area contributed by atoms with Crippen molar-refractivity contribution in [2.45, 2.75) is 25.8 Å². The van der Waals surface area contributed by atoms with E-state index in [-0.39, 0.29) is 11.9 Å². The van der Waals surface area contributed by atoms with Crippen molar-refractivity contribution in [3.8, 4) is 9.88 Å². The summed E-state index contributed by atoms with van der Waals surface area (Å²) in [6, 6.07) is 12.7. The number of thiazole rings is 1. The third kappa shape index (κ3) is 2.89. The van der Waals surface area contributed by atoms with Gasteiger partial charge in [0.15, 0.2) is 0 Å². The van der Waals surface area contributed by atoms with E-state index < -0.39 is 0 Å². The predicted octanol–water partition coefficient (Wildman–Crippen LogP) is 5.16. The fourth-order valence-corrected chi connectivity index (χ4v) is 4.94. The summed E-state index contributed by atoms with van der Waals surface area (Å²) in [5, 5.41) is 2.96. The van der Waals surface area contributed by atoms with Crippen molar-refractivity contribution in [2.24, 2.45) is 0 Å². The van der Waals surface area contributed by atoms with Gasteiger partial charge in [-0.1, -0.05) is 35.9 Å². The van der Waals surface area contributed by atoms with E-state index in [9.17, 15) is 4.79 Å². The van der Waals surface area contributed by atoms with Gasteiger partial charge in [-0.15, -0.1) is 22.7 Å². The summed E-state index contributed by atoms with van der Waals surface area (Å²) in [5.74, 6) is 0.110. The van der Waals surface area contributed by atoms with E-state index in [1.165, 1.54) is 22.5 Å². The molecule has 1 saturated heterocycles. The Hall–Kier alpha value is -1.98. The highest BCUT2D eigenvalue weighted by molar-refractivity contribution is 7.21. The molecule has 1 atom stereocenters. The largest absolute Gasteiger partial charge is 0.331 e. The maximum absolute atomic E-state index is 13.0. The number of rotatable bonds is 3. The third-order valence-corrected chi connectivity index (χ3v) is 6.41. The fourth-order valence-electron chi connectivity index (χ4n) is 3.26. The Kier molecular flexibility index (Phi) is 4.21. The monoisotopic (exact) mass is 354 g/mol. The van der Waals surface area contributed by atoms with Gasteiger partial charge in [0.25, 0.3) is 5.91 Å². The molecule has 0 radical (unpaired) electrons. The molecule has 0 N–H and O–H groups in total. The Bertz CT molecular complexity index is 854. The average Bonchev–Trinajstić information content (AvgIpc) is 3.33. The number of aromatic nitrogens is 1. The topological polar surface area (TPSA) is 33.2 Å². The van der Waals surface area contributed by atoms with E-state index in [1.807, 2.05) is 22.4 Å². The molecule has 2 aromatic heterocycles. The second-order valence-electron chi connectivity index (χ2n) is 6.08. The molecule has 3 aromatic rings. The zero-order valence-electron chi connectivity index (χ0n) is 13.4. The summed E-state index contributed by atoms with van der Waals surface area (Å²) in [5.41, 5.74) is 2.48. The van der Waals surface area contributed by atoms with Gasteiger partial charge in [0.1, 0.15) is 9.88 Å². The highest BCUT2D eigenvalue weighted by Crippen LogP contribution is 2.35. The number of hydrogen-bond donors (Lipinski definition) is 0. The van der Waals surface area contributed by atoms with Crippen LogP contribution in [0.15, 0.2) is 48.0 Å². The van der Waals surface area contributed by atoms with Crippen molar-refractivity contribution < 1.29 is 4.79 Å². The standard InChI is InChI=1S/C19H18N2OS2/c1-13-5-2-6-14(11-13)15-7-3-9-21(15)19(22)17-12-20-18(24-17)16-8-4-10-23-16/h2,4-6,8,10-12,15H,3,7,9H2,1H3. The van der Waals surface area contributed by atoms with Crippen LogP contribution in [-0.4, -0.2) is 22.3 Å². The molecule has 1 aromatic carbocycles. The molecule has 0 bridgehead atoms. The van der Waals surface area contributed by atoms with E-state index in [0.717, 1.165) is 34.1 Å². The van der Waals surface area contributed by atoms with Crippen LogP contribution in [-0.2, 0) is 0 Å². The van der Waals surface area contributed by atoms with Crippen LogP contribution in [0.4, 0.5) is 0 Å². The summed E-state index contributed by atoms with van der Waals surface area (Å²) < 4.78 is 0. The molecule has 1 amide bonds. The molecular weight excluding hydrogens is 336 g/mol. The van der Waals surface area contributed by atoms with Gasteiger partial charge in [-0.2, -0.15) is 0 Å². The average molecular weight is 354 g/mol. The van der Waals surface area contributed by atoms with Gasteiger partial charge < -0.3 is 4.90 Å². The van der Waals surface area contributed by atoms with Crippen LogP contribution < -0.4 is 0 Å². The number of carbonyl (C=O) groups excluding carboxylic acids is 1. The van der Waals surface area contributed by atoms with E-state index in [0.29, 0.717) is 0 Å². The number of nitrogens with zero attached hydrogens (tertiary/aromatic N) is 2. The van der Waals surface area contributed by atoms with E-state index in [1.54, 1.807) is 17.5 Å². The predicted molar refractivity (Wildman–Crippen MR) is 99.6 cm³/mol. The normalized spacial score (nSPS) is 17.4. The first-order chi connectivity index (χ1) is 11.7. The summed E-state index contributed by atoms with van der Waals surface area (Å²) in [7, 11) is 0. The minimum absolute atomic E-state index is 0.110. The molecule has 24 heavy (non-hydrogen) atoms. The van der Waals surface area contributed by atoms with Gasteiger partial charge in [-0.05, 0) is 36.8 Å². The molecule has 0 saturated carbocycles. The summed E-state index contributed by atoms with van der Waals surface area (Å²) in [6.45, 7) is 2.92. The molecule has 122 valence electrons. The number of likely N-dealkylation sites (tertiary alicyclic amines) is 1. The van der Waals surface area contributed by atoms with Gasteiger partial charge in [-0.3, -0.25) is 4.79 Å². The van der Waals surface area contributed by atoms with Crippen LogP contribution >= 0.6 is 22.7 Å². The minimum Gasteiger partial charge on any atom is -0.331 e. The number of amides is 1. The summed E-state index contributed by atoms with van der Waals surface area (Å²) >= 11 is 3.15. The molecule has 1 unspecified atom stereocenters. The highest BCUT2D eigenvalue weighted by Gasteiger charge is 2.31. The maximum atomic E-state index is 13.0. The highest BCUT2D eigenvalue weighted by atomic mass is 32.1. The van der Waals surface area contributed by atoms with Crippen molar-refractivity contribution in [1.82, 2.24) is 9.88 Å². The van der Waals surface area contributed by atoms with E-state index >= 15 is 0 Å². The molecule has 0 aliphatic carbocycles. The second kappa shape index (κ2) is 6.49. The van der Waals surface area contributed by atoms with Crippen molar-refractivity contribution in [2.75, 3.05) is 6.54 Å². The number of thiophene rings is 1. The first-order valence-electron chi connectivity index (χ1n) is 8.09. The number of hydrogen-bond acceptors (Lipinski definition) is 4. The van der Waals surface area contributed by atoms with Crippen LogP contribution in [0.3, 0.4) is 0 Å². The first kappa shape index (κ1) is 15.5. The third-order valence-electron chi connectivity index (χ3n) is 4.39. The zero-order chi connectivity index (χ0) is 16.5. The van der Waals surface area contributed by atoms with Gasteiger partial charge >= 0.3 is 0 Å². The van der Waals surface area contributed by atoms with Crippen molar-refractivity contribution in [1.29, 1.82) is 0 Å². The molecular formula is C19H18N2OS2. The number of carbonyl (C=O) groups is 1. The maximum Gasteiger partial charge on any atom is 0.266 e. The molecule has 3 nitrogen and oxygen atoms in total. The molecule has 5 heteroatoms. The molecule has 1 aliphatic heterocycles. The molecule has 0 spiro atoms. The minimum atomic E-state index is 0.110. The zero-order valence-corrected chi connectivity index (χ0v) is 15.1. The van der Waals surface area contributed by atoms with Crippen LogP contribution in [0.25, 0.3) is 9.88 Å². The Morgan fingerprint density at radius 1 is 1.29 bits per heavy atom. The Morgan fingerprint density at radius 3 is 3.00 bits per heavy atom. The fraction of sp³-hybridized carbons (Fsp3) is 0.263. The molecule has 1 fully saturated rings.